The summed E-state index contributed by atoms with van der Waals surface area (Å²) in [5.74, 6) is -1.50. The van der Waals surface area contributed by atoms with E-state index in [-0.39, 0.29) is 29.8 Å². The van der Waals surface area contributed by atoms with E-state index in [0.717, 1.165) is 27.7 Å². The van der Waals surface area contributed by atoms with Gasteiger partial charge in [-0.1, -0.05) is 30.3 Å². The van der Waals surface area contributed by atoms with Crippen LogP contribution in [0.2, 0.25) is 0 Å². The first kappa shape index (κ1) is 21.6. The first-order valence-corrected chi connectivity index (χ1v) is 10.7. The van der Waals surface area contributed by atoms with E-state index in [2.05, 4.69) is 4.57 Å². The summed E-state index contributed by atoms with van der Waals surface area (Å²) in [5, 5.41) is 10.2. The zero-order valence-corrected chi connectivity index (χ0v) is 18.5. The van der Waals surface area contributed by atoms with E-state index < -0.39 is 5.97 Å². The molecule has 0 saturated carbocycles. The van der Waals surface area contributed by atoms with Crippen molar-refractivity contribution in [1.82, 2.24) is 14.4 Å². The summed E-state index contributed by atoms with van der Waals surface area (Å²) in [4.78, 5) is 40.1. The number of likely N-dealkylation sites (N-methyl/N-ethyl adjacent to an activating group) is 2. The number of nitrogens with zero attached hydrogens (tertiary/aromatic N) is 3. The summed E-state index contributed by atoms with van der Waals surface area (Å²) in [6, 6.07) is 14.9. The summed E-state index contributed by atoms with van der Waals surface area (Å²) in [6.07, 6.45) is 0.626. The molecule has 0 aliphatic carbocycles. The average molecular weight is 434 g/mol. The van der Waals surface area contributed by atoms with Crippen molar-refractivity contribution in [2.24, 2.45) is 0 Å². The van der Waals surface area contributed by atoms with Crippen LogP contribution in [0.4, 0.5) is 0 Å². The van der Waals surface area contributed by atoms with Crippen molar-refractivity contribution in [3.63, 3.8) is 0 Å². The molecule has 2 amide bonds. The SMILES string of the molecule is CC1C(=O)N(C)CC(=O)N(C)CCc2c1c1ccccc1n2Cc1ccc(C(=O)O)cc1. The van der Waals surface area contributed by atoms with Gasteiger partial charge in [0.1, 0.15) is 0 Å². The molecule has 3 aromatic rings. The topological polar surface area (TPSA) is 82.9 Å². The summed E-state index contributed by atoms with van der Waals surface area (Å²) in [7, 11) is 3.44. The smallest absolute Gasteiger partial charge is 0.335 e. The number of fused-ring (bicyclic) bond motifs is 3. The van der Waals surface area contributed by atoms with Crippen molar-refractivity contribution < 1.29 is 19.5 Å². The third-order valence-corrected chi connectivity index (χ3v) is 6.33. The number of benzene rings is 2. The Balaban J connectivity index is 1.86. The number of carboxylic acid groups (broad SMARTS) is 1. The Bertz CT molecular complexity index is 1200. The minimum atomic E-state index is -0.954. The lowest BCUT2D eigenvalue weighted by Gasteiger charge is -2.27. The van der Waals surface area contributed by atoms with E-state index in [1.54, 1.807) is 31.1 Å². The van der Waals surface area contributed by atoms with Crippen molar-refractivity contribution >= 4 is 28.7 Å². The van der Waals surface area contributed by atoms with Gasteiger partial charge in [-0.15, -0.1) is 0 Å². The lowest BCUT2D eigenvalue weighted by Crippen LogP contribution is -2.42. The van der Waals surface area contributed by atoms with Crippen LogP contribution < -0.4 is 0 Å². The number of para-hydroxylation sites is 1. The van der Waals surface area contributed by atoms with Gasteiger partial charge < -0.3 is 19.5 Å². The molecule has 1 aliphatic rings. The molecule has 1 N–H and O–H groups in total. The molecule has 1 aliphatic heterocycles. The van der Waals surface area contributed by atoms with Gasteiger partial charge >= 0.3 is 5.97 Å². The predicted octanol–water partition coefficient (Wildman–Crippen LogP) is 2.96. The van der Waals surface area contributed by atoms with Crippen molar-refractivity contribution in [2.75, 3.05) is 27.2 Å². The first-order valence-electron chi connectivity index (χ1n) is 10.7. The number of carbonyl (C=O) groups is 3. The van der Waals surface area contributed by atoms with Gasteiger partial charge in [-0.25, -0.2) is 4.79 Å². The molecule has 7 heteroatoms. The number of hydrogen-bond donors (Lipinski definition) is 1. The number of carbonyl (C=O) groups excluding carboxylic acids is 2. The van der Waals surface area contributed by atoms with E-state index in [1.807, 2.05) is 43.3 Å². The fraction of sp³-hybridized carbons (Fsp3) is 0.320. The lowest BCUT2D eigenvalue weighted by molar-refractivity contribution is -0.139. The minimum Gasteiger partial charge on any atom is -0.478 e. The summed E-state index contributed by atoms with van der Waals surface area (Å²) >= 11 is 0. The molecule has 0 saturated heterocycles. The average Bonchev–Trinajstić information content (AvgIpc) is 3.09. The van der Waals surface area contributed by atoms with Crippen LogP contribution in [0, 0.1) is 0 Å². The van der Waals surface area contributed by atoms with Crippen LogP contribution >= 0.6 is 0 Å². The van der Waals surface area contributed by atoms with Crippen molar-refractivity contribution in [3.8, 4) is 0 Å². The van der Waals surface area contributed by atoms with E-state index in [9.17, 15) is 19.5 Å². The molecule has 32 heavy (non-hydrogen) atoms. The van der Waals surface area contributed by atoms with Crippen LogP contribution in [0.5, 0.6) is 0 Å². The first-order chi connectivity index (χ1) is 15.3. The maximum atomic E-state index is 13.2. The molecule has 7 nitrogen and oxygen atoms in total. The van der Waals surface area contributed by atoms with E-state index >= 15 is 0 Å². The second-order valence-electron chi connectivity index (χ2n) is 8.45. The molecule has 1 unspecified atom stereocenters. The van der Waals surface area contributed by atoms with E-state index in [4.69, 9.17) is 0 Å². The summed E-state index contributed by atoms with van der Waals surface area (Å²) in [5.41, 5.74) is 4.27. The lowest BCUT2D eigenvalue weighted by atomic mass is 9.94. The maximum Gasteiger partial charge on any atom is 0.335 e. The Hall–Kier alpha value is -3.61. The van der Waals surface area contributed by atoms with Gasteiger partial charge in [-0.3, -0.25) is 9.59 Å². The molecule has 1 aromatic heterocycles. The van der Waals surface area contributed by atoms with Crippen molar-refractivity contribution in [1.29, 1.82) is 0 Å². The molecule has 0 fully saturated rings. The van der Waals surface area contributed by atoms with Crippen molar-refractivity contribution in [3.05, 3.63) is 70.9 Å². The van der Waals surface area contributed by atoms with Crippen LogP contribution in [0.1, 0.15) is 40.0 Å². The van der Waals surface area contributed by atoms with Gasteiger partial charge in [-0.2, -0.15) is 0 Å². The molecule has 166 valence electrons. The van der Waals surface area contributed by atoms with Gasteiger partial charge in [0, 0.05) is 50.2 Å². The number of rotatable bonds is 3. The summed E-state index contributed by atoms with van der Waals surface area (Å²) in [6.45, 7) is 3.08. The van der Waals surface area contributed by atoms with Gasteiger partial charge in [0.2, 0.25) is 11.8 Å². The van der Waals surface area contributed by atoms with Crippen LogP contribution in [-0.2, 0) is 22.6 Å². The monoisotopic (exact) mass is 433 g/mol. The van der Waals surface area contributed by atoms with Gasteiger partial charge in [-0.05, 0) is 36.2 Å². The normalized spacial score (nSPS) is 17.5. The third kappa shape index (κ3) is 3.86. The number of carboxylic acids is 1. The minimum absolute atomic E-state index is 0.0730. The molecule has 2 heterocycles. The highest BCUT2D eigenvalue weighted by Crippen LogP contribution is 2.34. The maximum absolute atomic E-state index is 13.2. The quantitative estimate of drug-likeness (QED) is 0.689. The molecule has 0 spiro atoms. The molecule has 0 radical (unpaired) electrons. The summed E-state index contributed by atoms with van der Waals surface area (Å²) < 4.78 is 2.20. The molecule has 1 atom stereocenters. The zero-order valence-electron chi connectivity index (χ0n) is 18.5. The molecule has 4 rings (SSSR count). The second kappa shape index (κ2) is 8.49. The predicted molar refractivity (Wildman–Crippen MR) is 122 cm³/mol. The highest BCUT2D eigenvalue weighted by Gasteiger charge is 2.30. The Labute approximate surface area is 186 Å². The largest absolute Gasteiger partial charge is 0.478 e. The van der Waals surface area contributed by atoms with Gasteiger partial charge in [0.05, 0.1) is 18.0 Å². The Morgan fingerprint density at radius 3 is 2.41 bits per heavy atom. The fourth-order valence-corrected chi connectivity index (χ4v) is 4.51. The molecule has 2 aromatic carbocycles. The Morgan fingerprint density at radius 2 is 1.72 bits per heavy atom. The fourth-order valence-electron chi connectivity index (χ4n) is 4.51. The van der Waals surface area contributed by atoms with E-state index in [1.165, 1.54) is 4.90 Å². The Morgan fingerprint density at radius 1 is 1.03 bits per heavy atom. The van der Waals surface area contributed by atoms with Crippen molar-refractivity contribution in [2.45, 2.75) is 25.8 Å². The highest BCUT2D eigenvalue weighted by molar-refractivity contribution is 5.95. The van der Waals surface area contributed by atoms with Crippen LogP contribution in [-0.4, -0.2) is 64.4 Å². The Kier molecular flexibility index (Phi) is 5.74. The number of aromatic carboxylic acids is 1. The molecular formula is C25H27N3O4. The van der Waals surface area contributed by atoms with Gasteiger partial charge in [0.25, 0.3) is 0 Å². The van der Waals surface area contributed by atoms with Crippen LogP contribution in [0.25, 0.3) is 10.9 Å². The van der Waals surface area contributed by atoms with E-state index in [0.29, 0.717) is 19.5 Å². The molecular weight excluding hydrogens is 406 g/mol. The van der Waals surface area contributed by atoms with Crippen LogP contribution in [0.15, 0.2) is 48.5 Å². The third-order valence-electron chi connectivity index (χ3n) is 6.33. The highest BCUT2D eigenvalue weighted by atomic mass is 16.4. The number of aromatic nitrogens is 1. The standard InChI is InChI=1S/C25H27N3O4/c1-16-23-19-6-4-5-7-20(19)28(14-17-8-10-18(11-9-17)25(31)32)21(23)12-13-26(2)22(29)15-27(3)24(16)30/h4-11,16H,12-15H2,1-3H3,(H,31,32). The number of amides is 2. The molecule has 0 bridgehead atoms. The second-order valence-corrected chi connectivity index (χ2v) is 8.45. The van der Waals surface area contributed by atoms with Crippen LogP contribution in [0.3, 0.4) is 0 Å². The zero-order chi connectivity index (χ0) is 23.0. The van der Waals surface area contributed by atoms with Gasteiger partial charge in [0.15, 0.2) is 0 Å². The number of hydrogen-bond acceptors (Lipinski definition) is 3.